The van der Waals surface area contributed by atoms with Crippen molar-refractivity contribution in [1.29, 1.82) is 0 Å². The second-order valence-corrected chi connectivity index (χ2v) is 7.48. The number of hydrogen-bond donors (Lipinski definition) is 1. The molecule has 0 radical (unpaired) electrons. The highest BCUT2D eigenvalue weighted by atomic mass is 16.5. The Kier molecular flexibility index (Phi) is 5.16. The predicted molar refractivity (Wildman–Crippen MR) is 110 cm³/mol. The van der Waals surface area contributed by atoms with Crippen molar-refractivity contribution in [3.05, 3.63) is 77.0 Å². The Hall–Kier alpha value is -3.41. The average Bonchev–Trinajstić information content (AvgIpc) is 3.47. The summed E-state index contributed by atoms with van der Waals surface area (Å²) in [6.07, 6.45) is 2.24. The molecule has 1 aliphatic carbocycles. The zero-order valence-corrected chi connectivity index (χ0v) is 16.5. The minimum atomic E-state index is -0.512. The third-order valence-electron chi connectivity index (χ3n) is 4.78. The zero-order chi connectivity index (χ0) is 20.4. The summed E-state index contributed by atoms with van der Waals surface area (Å²) in [5.74, 6) is 0.118. The van der Waals surface area contributed by atoms with Gasteiger partial charge in [0.15, 0.2) is 6.61 Å². The first-order valence-corrected chi connectivity index (χ1v) is 9.70. The molecule has 0 atom stereocenters. The molecule has 0 spiro atoms. The third-order valence-corrected chi connectivity index (χ3v) is 4.78. The number of amides is 1. The van der Waals surface area contributed by atoms with Crippen LogP contribution in [0.4, 0.5) is 5.82 Å². The van der Waals surface area contributed by atoms with Crippen LogP contribution >= 0.6 is 0 Å². The third kappa shape index (κ3) is 4.54. The quantitative estimate of drug-likeness (QED) is 0.643. The second-order valence-electron chi connectivity index (χ2n) is 7.48. The molecule has 0 aliphatic heterocycles. The summed E-state index contributed by atoms with van der Waals surface area (Å²) in [5.41, 5.74) is 4.22. The largest absolute Gasteiger partial charge is 0.452 e. The van der Waals surface area contributed by atoms with Crippen molar-refractivity contribution in [3.8, 4) is 5.69 Å². The fourth-order valence-corrected chi connectivity index (χ4v) is 3.32. The van der Waals surface area contributed by atoms with E-state index in [1.807, 2.05) is 56.3 Å². The van der Waals surface area contributed by atoms with Crippen molar-refractivity contribution < 1.29 is 14.3 Å². The van der Waals surface area contributed by atoms with Gasteiger partial charge in [-0.3, -0.25) is 4.79 Å². The molecular weight excluding hydrogens is 366 g/mol. The van der Waals surface area contributed by atoms with Crippen molar-refractivity contribution in [1.82, 2.24) is 9.78 Å². The lowest BCUT2D eigenvalue weighted by atomic mass is 10.1. The molecule has 6 heteroatoms. The molecule has 3 aromatic rings. The van der Waals surface area contributed by atoms with E-state index in [1.165, 1.54) is 0 Å². The maximum Gasteiger partial charge on any atom is 0.338 e. The van der Waals surface area contributed by atoms with Crippen molar-refractivity contribution in [2.24, 2.45) is 0 Å². The average molecular weight is 389 g/mol. The highest BCUT2D eigenvalue weighted by Crippen LogP contribution is 2.40. The number of hydrogen-bond acceptors (Lipinski definition) is 4. The Morgan fingerprint density at radius 1 is 1.07 bits per heavy atom. The van der Waals surface area contributed by atoms with E-state index in [2.05, 4.69) is 10.4 Å². The lowest BCUT2D eigenvalue weighted by molar-refractivity contribution is -0.119. The van der Waals surface area contributed by atoms with E-state index >= 15 is 0 Å². The summed E-state index contributed by atoms with van der Waals surface area (Å²) in [6.45, 7) is 3.47. The summed E-state index contributed by atoms with van der Waals surface area (Å²) in [4.78, 5) is 24.7. The molecule has 4 rings (SSSR count). The molecule has 1 N–H and O–H groups in total. The summed E-state index contributed by atoms with van der Waals surface area (Å²) in [6, 6.07) is 17.0. The molecule has 0 bridgehead atoms. The van der Waals surface area contributed by atoms with Gasteiger partial charge in [0.1, 0.15) is 5.82 Å². The minimum absolute atomic E-state index is 0.357. The van der Waals surface area contributed by atoms with Crippen LogP contribution in [-0.4, -0.2) is 28.3 Å². The van der Waals surface area contributed by atoms with Gasteiger partial charge in [0.25, 0.3) is 5.91 Å². The number of aromatic nitrogens is 2. The molecule has 148 valence electrons. The topological polar surface area (TPSA) is 73.2 Å². The lowest BCUT2D eigenvalue weighted by Crippen LogP contribution is -2.22. The van der Waals surface area contributed by atoms with Gasteiger partial charge in [-0.25, -0.2) is 9.48 Å². The van der Waals surface area contributed by atoms with Crippen LogP contribution in [0.25, 0.3) is 5.69 Å². The van der Waals surface area contributed by atoms with Crippen LogP contribution in [0.5, 0.6) is 0 Å². The minimum Gasteiger partial charge on any atom is -0.452 e. The Morgan fingerprint density at radius 3 is 2.41 bits per heavy atom. The van der Waals surface area contributed by atoms with Crippen LogP contribution in [0.3, 0.4) is 0 Å². The number of aryl methyl sites for hydroxylation is 2. The maximum absolute atomic E-state index is 12.4. The van der Waals surface area contributed by atoms with Gasteiger partial charge in [0.2, 0.25) is 0 Å². The molecule has 29 heavy (non-hydrogen) atoms. The van der Waals surface area contributed by atoms with Gasteiger partial charge in [-0.2, -0.15) is 5.10 Å². The Bertz CT molecular complexity index is 1030. The normalized spacial score (nSPS) is 13.2. The number of nitrogens with zero attached hydrogens (tertiary/aromatic N) is 2. The van der Waals surface area contributed by atoms with Crippen molar-refractivity contribution in [2.45, 2.75) is 32.6 Å². The van der Waals surface area contributed by atoms with E-state index < -0.39 is 11.9 Å². The fraction of sp³-hybridized carbons (Fsp3) is 0.261. The number of benzene rings is 2. The van der Waals surface area contributed by atoms with Gasteiger partial charge < -0.3 is 10.1 Å². The Morgan fingerprint density at radius 2 is 1.76 bits per heavy atom. The molecule has 1 fully saturated rings. The number of esters is 1. The monoisotopic (exact) mass is 389 g/mol. The number of rotatable bonds is 6. The van der Waals surface area contributed by atoms with Crippen LogP contribution in [0.15, 0.2) is 54.6 Å². The van der Waals surface area contributed by atoms with Crippen LogP contribution < -0.4 is 5.32 Å². The maximum atomic E-state index is 12.4. The van der Waals surface area contributed by atoms with E-state index in [9.17, 15) is 9.59 Å². The van der Waals surface area contributed by atoms with E-state index in [0.717, 1.165) is 35.3 Å². The standard InChI is InChI=1S/C23H23N3O3/c1-15-10-16(2)12-18(11-15)23(28)29-14-22(27)24-21-13-20(17-8-9-17)25-26(21)19-6-4-3-5-7-19/h3-7,10-13,17H,8-9,14H2,1-2H3,(H,24,27). The molecule has 1 saturated carbocycles. The SMILES string of the molecule is Cc1cc(C)cc(C(=O)OCC(=O)Nc2cc(C3CC3)nn2-c2ccccc2)c1. The molecule has 1 heterocycles. The Balaban J connectivity index is 1.45. The molecule has 1 aromatic heterocycles. The van der Waals surface area contributed by atoms with Crippen LogP contribution in [0.1, 0.15) is 45.9 Å². The highest BCUT2D eigenvalue weighted by molar-refractivity contribution is 5.95. The van der Waals surface area contributed by atoms with E-state index in [-0.39, 0.29) is 6.61 Å². The summed E-state index contributed by atoms with van der Waals surface area (Å²) >= 11 is 0. The second kappa shape index (κ2) is 7.91. The van der Waals surface area contributed by atoms with Crippen molar-refractivity contribution in [2.75, 3.05) is 11.9 Å². The van der Waals surface area contributed by atoms with Crippen LogP contribution in [0, 0.1) is 13.8 Å². The predicted octanol–water partition coefficient (Wildman–Crippen LogP) is 4.16. The number of ether oxygens (including phenoxy) is 1. The number of carbonyl (C=O) groups is 2. The first-order valence-electron chi connectivity index (χ1n) is 9.70. The van der Waals surface area contributed by atoms with E-state index in [0.29, 0.717) is 17.3 Å². The molecule has 2 aromatic carbocycles. The first kappa shape index (κ1) is 18.9. The van der Waals surface area contributed by atoms with Crippen molar-refractivity contribution in [3.63, 3.8) is 0 Å². The van der Waals surface area contributed by atoms with Crippen molar-refractivity contribution >= 4 is 17.7 Å². The zero-order valence-electron chi connectivity index (χ0n) is 16.5. The Labute approximate surface area is 169 Å². The molecule has 6 nitrogen and oxygen atoms in total. The van der Waals surface area contributed by atoms with Gasteiger partial charge in [0.05, 0.1) is 16.9 Å². The van der Waals surface area contributed by atoms with Gasteiger partial charge >= 0.3 is 5.97 Å². The molecular formula is C23H23N3O3. The number of anilines is 1. The van der Waals surface area contributed by atoms with Gasteiger partial charge in [-0.1, -0.05) is 35.4 Å². The summed E-state index contributed by atoms with van der Waals surface area (Å²) in [7, 11) is 0. The molecule has 1 amide bonds. The highest BCUT2D eigenvalue weighted by Gasteiger charge is 2.28. The van der Waals surface area contributed by atoms with Gasteiger partial charge in [0, 0.05) is 12.0 Å². The van der Waals surface area contributed by atoms with Crippen LogP contribution in [0.2, 0.25) is 0 Å². The number of para-hydroxylation sites is 1. The fourth-order valence-electron chi connectivity index (χ4n) is 3.32. The summed E-state index contributed by atoms with van der Waals surface area (Å²) < 4.78 is 6.92. The number of nitrogens with one attached hydrogen (secondary N) is 1. The molecule has 0 saturated heterocycles. The lowest BCUT2D eigenvalue weighted by Gasteiger charge is -2.10. The van der Waals surface area contributed by atoms with E-state index in [1.54, 1.807) is 16.8 Å². The van der Waals surface area contributed by atoms with Crippen LogP contribution in [-0.2, 0) is 9.53 Å². The molecule has 1 aliphatic rings. The first-order chi connectivity index (χ1) is 14.0. The summed E-state index contributed by atoms with van der Waals surface area (Å²) in [5, 5.41) is 7.48. The number of carbonyl (C=O) groups excluding carboxylic acids is 2. The van der Waals surface area contributed by atoms with Gasteiger partial charge in [-0.15, -0.1) is 0 Å². The molecule has 0 unspecified atom stereocenters. The van der Waals surface area contributed by atoms with E-state index in [4.69, 9.17) is 4.74 Å². The van der Waals surface area contributed by atoms with Gasteiger partial charge in [-0.05, 0) is 51.0 Å². The smallest absolute Gasteiger partial charge is 0.338 e.